The lowest BCUT2D eigenvalue weighted by atomic mass is 9.82. The summed E-state index contributed by atoms with van der Waals surface area (Å²) >= 11 is 1.81. The average Bonchev–Trinajstić information content (AvgIpc) is 2.30. The molecule has 0 radical (unpaired) electrons. The van der Waals surface area contributed by atoms with Crippen LogP contribution in [0.4, 0.5) is 4.39 Å². The predicted molar refractivity (Wildman–Crippen MR) is 66.6 cm³/mol. The molecule has 1 aromatic rings. The third-order valence-corrected chi connectivity index (χ3v) is 4.57. The Balaban J connectivity index is 2.26. The van der Waals surface area contributed by atoms with Gasteiger partial charge >= 0.3 is 0 Å². The summed E-state index contributed by atoms with van der Waals surface area (Å²) < 4.78 is 14.8. The van der Waals surface area contributed by atoms with E-state index in [-0.39, 0.29) is 11.7 Å². The molecule has 0 amide bonds. The Bertz CT molecular complexity index is 359. The number of alkyl halides is 1. The minimum atomic E-state index is -1.42. The third-order valence-electron chi connectivity index (χ3n) is 3.36. The highest BCUT2D eigenvalue weighted by Gasteiger charge is 2.38. The first-order valence-corrected chi connectivity index (χ1v) is 6.83. The van der Waals surface area contributed by atoms with Gasteiger partial charge < -0.3 is 5.11 Å². The Labute approximate surface area is 100 Å². The molecule has 2 unspecified atom stereocenters. The zero-order chi connectivity index (χ0) is 11.6. The number of phenolic OH excluding ortho intramolecular Hbond substituents is 1. The summed E-state index contributed by atoms with van der Waals surface area (Å²) in [6, 6.07) is 6.76. The van der Waals surface area contributed by atoms with Crippen LogP contribution in [0.1, 0.15) is 25.3 Å². The number of halogens is 1. The lowest BCUT2D eigenvalue weighted by Gasteiger charge is -2.33. The van der Waals surface area contributed by atoms with Crippen LogP contribution in [-0.2, 0) is 5.67 Å². The van der Waals surface area contributed by atoms with Gasteiger partial charge in [0, 0.05) is 11.5 Å². The van der Waals surface area contributed by atoms with E-state index in [0.29, 0.717) is 5.56 Å². The first kappa shape index (κ1) is 11.8. The molecule has 1 fully saturated rings. The Morgan fingerprint density at radius 1 is 1.44 bits per heavy atom. The number of phenols is 1. The molecule has 88 valence electrons. The number of benzene rings is 1. The topological polar surface area (TPSA) is 20.2 Å². The summed E-state index contributed by atoms with van der Waals surface area (Å²) in [7, 11) is 0. The molecule has 1 N–H and O–H groups in total. The van der Waals surface area contributed by atoms with Crippen LogP contribution in [0, 0.1) is 5.92 Å². The molecule has 0 aromatic heterocycles. The van der Waals surface area contributed by atoms with Gasteiger partial charge in [0.2, 0.25) is 0 Å². The Morgan fingerprint density at radius 2 is 2.19 bits per heavy atom. The van der Waals surface area contributed by atoms with Gasteiger partial charge in [-0.25, -0.2) is 4.39 Å². The molecule has 0 aliphatic carbocycles. The Kier molecular flexibility index (Phi) is 3.43. The summed E-state index contributed by atoms with van der Waals surface area (Å²) in [5.41, 5.74) is -0.985. The summed E-state index contributed by atoms with van der Waals surface area (Å²) in [6.45, 7) is 1.60. The molecule has 0 bridgehead atoms. The molecule has 2 rings (SSSR count). The maximum absolute atomic E-state index is 14.8. The first-order valence-electron chi connectivity index (χ1n) is 5.67. The molecule has 0 saturated carbocycles. The second-order valence-electron chi connectivity index (χ2n) is 4.51. The van der Waals surface area contributed by atoms with Gasteiger partial charge in [0.05, 0.1) is 0 Å². The van der Waals surface area contributed by atoms with Gasteiger partial charge in [0.25, 0.3) is 0 Å². The summed E-state index contributed by atoms with van der Waals surface area (Å²) in [6.07, 6.45) is 1.98. The number of hydrogen-bond acceptors (Lipinski definition) is 2. The molecular formula is C13H17FOS. The van der Waals surface area contributed by atoms with E-state index in [2.05, 4.69) is 0 Å². The van der Waals surface area contributed by atoms with Crippen molar-refractivity contribution < 1.29 is 9.50 Å². The van der Waals surface area contributed by atoms with Crippen molar-refractivity contribution in [2.24, 2.45) is 5.92 Å². The molecule has 3 heteroatoms. The van der Waals surface area contributed by atoms with E-state index in [4.69, 9.17) is 0 Å². The van der Waals surface area contributed by atoms with Crippen molar-refractivity contribution in [3.63, 3.8) is 0 Å². The van der Waals surface area contributed by atoms with Crippen LogP contribution in [0.2, 0.25) is 0 Å². The number of aromatic hydroxyl groups is 1. The van der Waals surface area contributed by atoms with Gasteiger partial charge in [0.1, 0.15) is 11.4 Å². The molecule has 1 saturated heterocycles. The van der Waals surface area contributed by atoms with Crippen LogP contribution in [0.5, 0.6) is 5.75 Å². The van der Waals surface area contributed by atoms with Crippen LogP contribution < -0.4 is 0 Å². The highest BCUT2D eigenvalue weighted by molar-refractivity contribution is 7.99. The van der Waals surface area contributed by atoms with E-state index in [0.717, 1.165) is 24.3 Å². The van der Waals surface area contributed by atoms with E-state index in [1.807, 2.05) is 11.8 Å². The fourth-order valence-electron chi connectivity index (χ4n) is 2.28. The van der Waals surface area contributed by atoms with Crippen LogP contribution in [0.25, 0.3) is 0 Å². The summed E-state index contributed by atoms with van der Waals surface area (Å²) in [5.74, 6) is 2.07. The van der Waals surface area contributed by atoms with E-state index in [1.165, 1.54) is 0 Å². The molecule has 1 aromatic carbocycles. The number of hydrogen-bond donors (Lipinski definition) is 1. The molecule has 1 aliphatic rings. The summed E-state index contributed by atoms with van der Waals surface area (Å²) in [4.78, 5) is 0. The van der Waals surface area contributed by atoms with Crippen LogP contribution in [0.15, 0.2) is 24.3 Å². The van der Waals surface area contributed by atoms with Gasteiger partial charge in [-0.05, 0) is 37.3 Å². The minimum absolute atomic E-state index is 0.0135. The number of para-hydroxylation sites is 1. The number of rotatable bonds is 2. The normalized spacial score (nSPS) is 25.0. The standard InChI is InChI=1S/C13H17FOS/c1-13(14,10-5-4-8-16-9-10)11-6-2-3-7-12(11)15/h2-3,6-7,10,15H,4-5,8-9H2,1H3. The maximum atomic E-state index is 14.8. The second-order valence-corrected chi connectivity index (χ2v) is 5.66. The molecule has 16 heavy (non-hydrogen) atoms. The highest BCUT2D eigenvalue weighted by Crippen LogP contribution is 2.43. The SMILES string of the molecule is CC(F)(c1ccccc1O)C1CCCSC1. The molecule has 0 spiro atoms. The van der Waals surface area contributed by atoms with Crippen molar-refractivity contribution in [3.8, 4) is 5.75 Å². The fourth-order valence-corrected chi connectivity index (χ4v) is 3.58. The van der Waals surface area contributed by atoms with Crippen molar-refractivity contribution in [3.05, 3.63) is 29.8 Å². The molecule has 1 aliphatic heterocycles. The van der Waals surface area contributed by atoms with E-state index >= 15 is 0 Å². The van der Waals surface area contributed by atoms with E-state index in [9.17, 15) is 9.50 Å². The van der Waals surface area contributed by atoms with Gasteiger partial charge in [-0.1, -0.05) is 18.2 Å². The number of thioether (sulfide) groups is 1. The lowest BCUT2D eigenvalue weighted by molar-refractivity contribution is 0.103. The zero-order valence-corrected chi connectivity index (χ0v) is 10.3. The molecular weight excluding hydrogens is 223 g/mol. The van der Waals surface area contributed by atoms with Crippen molar-refractivity contribution in [1.29, 1.82) is 0 Å². The largest absolute Gasteiger partial charge is 0.508 e. The predicted octanol–water partition coefficient (Wildman–Crippen LogP) is 3.72. The van der Waals surface area contributed by atoms with E-state index < -0.39 is 5.67 Å². The molecule has 1 heterocycles. The van der Waals surface area contributed by atoms with Crippen molar-refractivity contribution in [1.82, 2.24) is 0 Å². The van der Waals surface area contributed by atoms with Crippen molar-refractivity contribution in [2.75, 3.05) is 11.5 Å². The zero-order valence-electron chi connectivity index (χ0n) is 9.45. The van der Waals surface area contributed by atoms with Crippen LogP contribution in [-0.4, -0.2) is 16.6 Å². The molecule has 1 nitrogen and oxygen atoms in total. The van der Waals surface area contributed by atoms with Gasteiger partial charge in [-0.15, -0.1) is 0 Å². The maximum Gasteiger partial charge on any atom is 0.140 e. The smallest absolute Gasteiger partial charge is 0.140 e. The molecule has 2 atom stereocenters. The first-order chi connectivity index (χ1) is 7.62. The quantitative estimate of drug-likeness (QED) is 0.850. The second kappa shape index (κ2) is 4.66. The van der Waals surface area contributed by atoms with Gasteiger partial charge in [-0.2, -0.15) is 11.8 Å². The highest BCUT2D eigenvalue weighted by atomic mass is 32.2. The van der Waals surface area contributed by atoms with Crippen LogP contribution in [0.3, 0.4) is 0 Å². The Hall–Kier alpha value is -0.700. The van der Waals surface area contributed by atoms with Crippen molar-refractivity contribution in [2.45, 2.75) is 25.4 Å². The summed E-state index contributed by atoms with van der Waals surface area (Å²) in [5, 5.41) is 9.73. The van der Waals surface area contributed by atoms with Crippen molar-refractivity contribution >= 4 is 11.8 Å². The lowest BCUT2D eigenvalue weighted by Crippen LogP contribution is -2.31. The third kappa shape index (κ3) is 2.19. The Morgan fingerprint density at radius 3 is 2.81 bits per heavy atom. The van der Waals surface area contributed by atoms with Crippen LogP contribution >= 0.6 is 11.8 Å². The van der Waals surface area contributed by atoms with E-state index in [1.54, 1.807) is 31.2 Å². The fraction of sp³-hybridized carbons (Fsp3) is 0.538. The van der Waals surface area contributed by atoms with Gasteiger partial charge in [0.15, 0.2) is 0 Å². The van der Waals surface area contributed by atoms with Gasteiger partial charge in [-0.3, -0.25) is 0 Å². The minimum Gasteiger partial charge on any atom is -0.508 e. The monoisotopic (exact) mass is 240 g/mol. The average molecular weight is 240 g/mol.